The van der Waals surface area contributed by atoms with E-state index in [9.17, 15) is 14.7 Å². The van der Waals surface area contributed by atoms with E-state index in [2.05, 4.69) is 0 Å². The summed E-state index contributed by atoms with van der Waals surface area (Å²) in [6, 6.07) is 7.88. The first kappa shape index (κ1) is 29.8. The Hall–Kier alpha value is -3.72. The number of ketones is 1. The lowest BCUT2D eigenvalue weighted by Gasteiger charge is -2.27. The average Bonchev–Trinajstić information content (AvgIpc) is 3.16. The third-order valence-corrected chi connectivity index (χ3v) is 6.75. The van der Waals surface area contributed by atoms with Crippen molar-refractivity contribution in [2.24, 2.45) is 0 Å². The van der Waals surface area contributed by atoms with E-state index in [1.165, 1.54) is 26.2 Å². The molecule has 1 aliphatic heterocycles. The predicted molar refractivity (Wildman–Crippen MR) is 150 cm³/mol. The van der Waals surface area contributed by atoms with Gasteiger partial charge in [0.2, 0.25) is 5.75 Å². The third-order valence-electron chi connectivity index (χ3n) is 6.75. The molecule has 2 aromatic rings. The molecule has 1 atom stereocenters. The summed E-state index contributed by atoms with van der Waals surface area (Å²) < 4.78 is 22.3. The maximum atomic E-state index is 13.5. The number of aliphatic hydroxyl groups is 1. The Labute approximate surface area is 230 Å². The first-order valence-electron chi connectivity index (χ1n) is 13.1. The number of likely N-dealkylation sites (tertiary alicyclic amines) is 1. The number of hydrogen-bond donors (Lipinski definition) is 1. The van der Waals surface area contributed by atoms with Crippen molar-refractivity contribution < 1.29 is 33.6 Å². The molecule has 1 saturated heterocycles. The van der Waals surface area contributed by atoms with Gasteiger partial charge in [0.05, 0.1) is 39.6 Å². The van der Waals surface area contributed by atoms with E-state index in [1.807, 2.05) is 45.8 Å². The number of Topliss-reactive ketones (excluding diaryl/α,β-unsaturated/α-hetero) is 1. The van der Waals surface area contributed by atoms with Gasteiger partial charge in [-0.1, -0.05) is 13.8 Å². The van der Waals surface area contributed by atoms with Crippen LogP contribution in [0, 0.1) is 0 Å². The van der Waals surface area contributed by atoms with Crippen LogP contribution in [0.25, 0.3) is 5.76 Å². The van der Waals surface area contributed by atoms with E-state index in [4.69, 9.17) is 18.9 Å². The molecule has 9 nitrogen and oxygen atoms in total. The highest BCUT2D eigenvalue weighted by Gasteiger charge is 2.46. The van der Waals surface area contributed by atoms with Gasteiger partial charge in [0.15, 0.2) is 11.5 Å². The van der Waals surface area contributed by atoms with Gasteiger partial charge < -0.3 is 33.9 Å². The Bertz CT molecular complexity index is 1210. The molecule has 0 saturated carbocycles. The Morgan fingerprint density at radius 2 is 1.64 bits per heavy atom. The standard InChI is InChI=1S/C30H40N2O7/c1-9-39-22-12-11-19(15-21(22)18(2)3)27(33)25-26(32(30(35)28(25)34)14-10-13-31(4)5)20-16-23(36-6)29(38-8)24(17-20)37-7/h11-12,15-18,26,33H,9-10,13-14H2,1-8H3/b27-25+. The van der Waals surface area contributed by atoms with Crippen LogP contribution in [0.5, 0.6) is 23.0 Å². The number of aliphatic hydroxyl groups excluding tert-OH is 1. The molecule has 3 rings (SSSR count). The van der Waals surface area contributed by atoms with Crippen LogP contribution in [0.2, 0.25) is 0 Å². The molecule has 1 fully saturated rings. The van der Waals surface area contributed by atoms with Crippen molar-refractivity contribution in [3.05, 3.63) is 52.6 Å². The van der Waals surface area contributed by atoms with Gasteiger partial charge in [0.1, 0.15) is 11.5 Å². The largest absolute Gasteiger partial charge is 0.507 e. The van der Waals surface area contributed by atoms with Crippen molar-refractivity contribution in [3.8, 4) is 23.0 Å². The van der Waals surface area contributed by atoms with Crippen LogP contribution >= 0.6 is 0 Å². The summed E-state index contributed by atoms with van der Waals surface area (Å²) in [5.74, 6) is 0.338. The molecule has 212 valence electrons. The maximum absolute atomic E-state index is 13.5. The highest BCUT2D eigenvalue weighted by Crippen LogP contribution is 2.46. The summed E-state index contributed by atoms with van der Waals surface area (Å²) in [7, 11) is 8.41. The summed E-state index contributed by atoms with van der Waals surface area (Å²) in [5.41, 5.74) is 1.90. The second-order valence-electron chi connectivity index (χ2n) is 9.95. The van der Waals surface area contributed by atoms with Crippen molar-refractivity contribution in [2.45, 2.75) is 39.2 Å². The molecule has 0 aromatic heterocycles. The summed E-state index contributed by atoms with van der Waals surface area (Å²) in [6.45, 7) is 7.52. The molecule has 2 aromatic carbocycles. The molecular weight excluding hydrogens is 500 g/mol. The Morgan fingerprint density at radius 3 is 2.15 bits per heavy atom. The Balaban J connectivity index is 2.25. The highest BCUT2D eigenvalue weighted by atomic mass is 16.5. The predicted octanol–water partition coefficient (Wildman–Crippen LogP) is 4.61. The monoisotopic (exact) mass is 540 g/mol. The van der Waals surface area contributed by atoms with Crippen LogP contribution in [0.4, 0.5) is 0 Å². The zero-order valence-corrected chi connectivity index (χ0v) is 24.2. The molecule has 0 spiro atoms. The van der Waals surface area contributed by atoms with Crippen LogP contribution in [-0.2, 0) is 9.59 Å². The minimum absolute atomic E-state index is 0.0120. The summed E-state index contributed by atoms with van der Waals surface area (Å²) >= 11 is 0. The van der Waals surface area contributed by atoms with E-state index in [-0.39, 0.29) is 17.3 Å². The first-order chi connectivity index (χ1) is 18.6. The zero-order valence-electron chi connectivity index (χ0n) is 24.2. The van der Waals surface area contributed by atoms with Crippen molar-refractivity contribution in [1.82, 2.24) is 9.80 Å². The van der Waals surface area contributed by atoms with Crippen LogP contribution in [0.3, 0.4) is 0 Å². The van der Waals surface area contributed by atoms with Gasteiger partial charge in [-0.15, -0.1) is 0 Å². The normalized spacial score (nSPS) is 16.8. The number of methoxy groups -OCH3 is 3. The Morgan fingerprint density at radius 1 is 1.00 bits per heavy atom. The van der Waals surface area contributed by atoms with Crippen LogP contribution in [0.15, 0.2) is 35.9 Å². The number of benzene rings is 2. The maximum Gasteiger partial charge on any atom is 0.295 e. The average molecular weight is 541 g/mol. The SMILES string of the molecule is CCOc1ccc(/C(O)=C2\C(=O)C(=O)N(CCCN(C)C)C2c2cc(OC)c(OC)c(OC)c2)cc1C(C)C. The van der Waals surface area contributed by atoms with Crippen molar-refractivity contribution in [1.29, 1.82) is 0 Å². The van der Waals surface area contributed by atoms with Crippen molar-refractivity contribution in [3.63, 3.8) is 0 Å². The quantitative estimate of drug-likeness (QED) is 0.237. The minimum Gasteiger partial charge on any atom is -0.507 e. The second-order valence-corrected chi connectivity index (χ2v) is 9.95. The van der Waals surface area contributed by atoms with Crippen molar-refractivity contribution >= 4 is 17.4 Å². The van der Waals surface area contributed by atoms with Gasteiger partial charge in [-0.05, 0) is 81.4 Å². The molecular formula is C30H40N2O7. The highest BCUT2D eigenvalue weighted by molar-refractivity contribution is 6.46. The van der Waals surface area contributed by atoms with E-state index in [0.717, 1.165) is 17.9 Å². The van der Waals surface area contributed by atoms with E-state index in [0.29, 0.717) is 47.9 Å². The molecule has 0 radical (unpaired) electrons. The van der Waals surface area contributed by atoms with Crippen molar-refractivity contribution in [2.75, 3.05) is 55.1 Å². The Kier molecular flexibility index (Phi) is 9.86. The summed E-state index contributed by atoms with van der Waals surface area (Å²) in [6.07, 6.45) is 0.640. The number of carbonyl (C=O) groups is 2. The molecule has 0 aliphatic carbocycles. The second kappa shape index (κ2) is 12.9. The fourth-order valence-corrected chi connectivity index (χ4v) is 4.86. The molecule has 1 amide bonds. The summed E-state index contributed by atoms with van der Waals surface area (Å²) in [5, 5.41) is 11.6. The van der Waals surface area contributed by atoms with Crippen LogP contribution in [0.1, 0.15) is 55.8 Å². The van der Waals surface area contributed by atoms with Crippen LogP contribution < -0.4 is 18.9 Å². The van der Waals surface area contributed by atoms with Gasteiger partial charge in [0, 0.05) is 12.1 Å². The third kappa shape index (κ3) is 6.14. The zero-order chi connectivity index (χ0) is 28.9. The number of nitrogens with zero attached hydrogens (tertiary/aromatic N) is 2. The lowest BCUT2D eigenvalue weighted by molar-refractivity contribution is -0.139. The topological polar surface area (TPSA) is 97.8 Å². The van der Waals surface area contributed by atoms with E-state index >= 15 is 0 Å². The molecule has 39 heavy (non-hydrogen) atoms. The number of ether oxygens (including phenoxy) is 4. The molecule has 9 heteroatoms. The van der Waals surface area contributed by atoms with E-state index in [1.54, 1.807) is 24.3 Å². The lowest BCUT2D eigenvalue weighted by atomic mass is 9.92. The first-order valence-corrected chi connectivity index (χ1v) is 13.1. The molecule has 1 aliphatic rings. The fraction of sp³-hybridized carbons (Fsp3) is 0.467. The van der Waals surface area contributed by atoms with Crippen LogP contribution in [-0.4, -0.2) is 81.7 Å². The van der Waals surface area contributed by atoms with E-state index < -0.39 is 17.7 Å². The number of carbonyl (C=O) groups excluding carboxylic acids is 2. The summed E-state index contributed by atoms with van der Waals surface area (Å²) in [4.78, 5) is 30.4. The van der Waals surface area contributed by atoms with Gasteiger partial charge >= 0.3 is 0 Å². The van der Waals surface area contributed by atoms with Gasteiger partial charge in [-0.2, -0.15) is 0 Å². The van der Waals surface area contributed by atoms with Gasteiger partial charge in [-0.3, -0.25) is 9.59 Å². The molecule has 0 bridgehead atoms. The molecule has 1 unspecified atom stereocenters. The molecule has 1 N–H and O–H groups in total. The van der Waals surface area contributed by atoms with Gasteiger partial charge in [-0.25, -0.2) is 0 Å². The minimum atomic E-state index is -0.852. The smallest absolute Gasteiger partial charge is 0.295 e. The lowest BCUT2D eigenvalue weighted by Crippen LogP contribution is -2.32. The molecule has 1 heterocycles. The number of amides is 1. The van der Waals surface area contributed by atoms with Gasteiger partial charge in [0.25, 0.3) is 11.7 Å². The fourth-order valence-electron chi connectivity index (χ4n) is 4.86. The number of rotatable bonds is 12. The number of hydrogen-bond acceptors (Lipinski definition) is 8.